The monoisotopic (exact) mass is 449 g/mol. The third-order valence-electron chi connectivity index (χ3n) is 7.13. The number of nitrogens with one attached hydrogen (secondary N) is 1. The number of methoxy groups -OCH3 is 1. The zero-order valence-corrected chi connectivity index (χ0v) is 19.6. The van der Waals surface area contributed by atoms with Crippen molar-refractivity contribution in [2.24, 2.45) is 11.8 Å². The maximum absolute atomic E-state index is 12.2. The molecule has 0 bridgehead atoms. The van der Waals surface area contributed by atoms with E-state index >= 15 is 0 Å². The van der Waals surface area contributed by atoms with Gasteiger partial charge in [0.1, 0.15) is 11.5 Å². The maximum atomic E-state index is 12.2. The number of carbonyl (C=O) groups is 2. The van der Waals surface area contributed by atoms with Crippen LogP contribution < -0.4 is 14.8 Å². The van der Waals surface area contributed by atoms with Crippen molar-refractivity contribution in [2.75, 3.05) is 13.7 Å². The molecule has 1 N–H and O–H groups in total. The van der Waals surface area contributed by atoms with Crippen LogP contribution in [0, 0.1) is 11.8 Å². The summed E-state index contributed by atoms with van der Waals surface area (Å²) in [6, 6.07) is 14.0. The third-order valence-corrected chi connectivity index (χ3v) is 7.13. The van der Waals surface area contributed by atoms with Gasteiger partial charge in [0.15, 0.2) is 6.29 Å². The van der Waals surface area contributed by atoms with Crippen molar-refractivity contribution in [3.8, 4) is 11.5 Å². The molecule has 2 aromatic carbocycles. The lowest BCUT2D eigenvalue weighted by Gasteiger charge is -2.20. The van der Waals surface area contributed by atoms with Crippen LogP contribution in [0.2, 0.25) is 0 Å². The van der Waals surface area contributed by atoms with E-state index in [1.165, 1.54) is 51.2 Å². The number of carbonyl (C=O) groups excluding carboxylic acids is 2. The van der Waals surface area contributed by atoms with E-state index < -0.39 is 0 Å². The van der Waals surface area contributed by atoms with Crippen molar-refractivity contribution in [1.82, 2.24) is 5.32 Å². The molecule has 0 saturated heterocycles. The van der Waals surface area contributed by atoms with E-state index in [2.05, 4.69) is 29.6 Å². The Labute approximate surface area is 196 Å². The van der Waals surface area contributed by atoms with Gasteiger partial charge in [0.05, 0.1) is 19.3 Å². The molecule has 2 aliphatic rings. The first-order chi connectivity index (χ1) is 16.2. The quantitative estimate of drug-likeness (QED) is 0.375. The van der Waals surface area contributed by atoms with E-state index in [-0.39, 0.29) is 5.91 Å². The van der Waals surface area contributed by atoms with Gasteiger partial charge in [0, 0.05) is 19.0 Å². The topological polar surface area (TPSA) is 64.6 Å². The zero-order chi connectivity index (χ0) is 23.0. The normalized spacial score (nSPS) is 21.8. The lowest BCUT2D eigenvalue weighted by Crippen LogP contribution is -2.23. The van der Waals surface area contributed by atoms with Gasteiger partial charge in [-0.15, -0.1) is 0 Å². The molecule has 5 nitrogen and oxygen atoms in total. The van der Waals surface area contributed by atoms with Crippen LogP contribution in [0.15, 0.2) is 42.5 Å². The highest BCUT2D eigenvalue weighted by atomic mass is 16.5. The summed E-state index contributed by atoms with van der Waals surface area (Å²) >= 11 is 0. The Balaban J connectivity index is 1.17. The fraction of sp³-hybridized carbons (Fsp3) is 0.500. The van der Waals surface area contributed by atoms with Crippen molar-refractivity contribution in [1.29, 1.82) is 0 Å². The predicted octanol–water partition coefficient (Wildman–Crippen LogP) is 5.67. The average Bonchev–Trinajstić information content (AvgIpc) is 3.59. The molecule has 176 valence electrons. The van der Waals surface area contributed by atoms with Crippen molar-refractivity contribution < 1.29 is 19.1 Å². The molecule has 2 aromatic rings. The second-order valence-corrected chi connectivity index (χ2v) is 9.40. The van der Waals surface area contributed by atoms with Crippen molar-refractivity contribution in [3.63, 3.8) is 0 Å². The number of rotatable bonds is 10. The van der Waals surface area contributed by atoms with Gasteiger partial charge >= 0.3 is 0 Å². The molecule has 0 aliphatic heterocycles. The van der Waals surface area contributed by atoms with Gasteiger partial charge in [-0.05, 0) is 60.3 Å². The van der Waals surface area contributed by atoms with Crippen LogP contribution in [0.25, 0.3) is 0 Å². The largest absolute Gasteiger partial charge is 0.496 e. The Kier molecular flexibility index (Phi) is 8.03. The SMILES string of the molecule is COc1cc(OCCCC(=O)NCc2ccc(C3CCCCC[C@H]4CC34)cc2)ccc1C=O. The smallest absolute Gasteiger partial charge is 0.220 e. The molecule has 3 atom stereocenters. The highest BCUT2D eigenvalue weighted by Crippen LogP contribution is 2.54. The number of aldehydes is 1. The first-order valence-corrected chi connectivity index (χ1v) is 12.3. The molecule has 4 rings (SSSR count). The van der Waals surface area contributed by atoms with E-state index in [0.29, 0.717) is 43.1 Å². The van der Waals surface area contributed by atoms with E-state index in [1.54, 1.807) is 18.2 Å². The Hall–Kier alpha value is -2.82. The molecule has 0 heterocycles. The van der Waals surface area contributed by atoms with Crippen molar-refractivity contribution >= 4 is 12.2 Å². The molecule has 0 radical (unpaired) electrons. The summed E-state index contributed by atoms with van der Waals surface area (Å²) in [6.07, 6.45) is 10.1. The first kappa shape index (κ1) is 23.3. The Morgan fingerprint density at radius 1 is 1.09 bits per heavy atom. The van der Waals surface area contributed by atoms with Crippen LogP contribution >= 0.6 is 0 Å². The molecule has 2 unspecified atom stereocenters. The van der Waals surface area contributed by atoms with Crippen molar-refractivity contribution in [3.05, 3.63) is 59.2 Å². The first-order valence-electron chi connectivity index (χ1n) is 12.3. The summed E-state index contributed by atoms with van der Waals surface area (Å²) in [5, 5.41) is 3.01. The second-order valence-electron chi connectivity index (χ2n) is 9.40. The summed E-state index contributed by atoms with van der Waals surface area (Å²) in [6.45, 7) is 0.982. The summed E-state index contributed by atoms with van der Waals surface area (Å²) in [7, 11) is 1.52. The molecule has 33 heavy (non-hydrogen) atoms. The highest BCUT2D eigenvalue weighted by molar-refractivity contribution is 5.79. The van der Waals surface area contributed by atoms with Crippen LogP contribution in [-0.4, -0.2) is 25.9 Å². The fourth-order valence-corrected chi connectivity index (χ4v) is 5.14. The van der Waals surface area contributed by atoms with Gasteiger partial charge in [0.25, 0.3) is 0 Å². The van der Waals surface area contributed by atoms with Crippen LogP contribution in [0.3, 0.4) is 0 Å². The fourth-order valence-electron chi connectivity index (χ4n) is 5.14. The molecule has 1 amide bonds. The van der Waals surface area contributed by atoms with E-state index in [4.69, 9.17) is 9.47 Å². The number of amides is 1. The lowest BCUT2D eigenvalue weighted by atomic mass is 9.85. The van der Waals surface area contributed by atoms with Gasteiger partial charge in [-0.2, -0.15) is 0 Å². The Morgan fingerprint density at radius 2 is 1.91 bits per heavy atom. The van der Waals surface area contributed by atoms with E-state index in [0.717, 1.165) is 29.6 Å². The van der Waals surface area contributed by atoms with Crippen LogP contribution in [0.1, 0.15) is 78.8 Å². The summed E-state index contributed by atoms with van der Waals surface area (Å²) < 4.78 is 10.9. The van der Waals surface area contributed by atoms with Gasteiger partial charge in [-0.1, -0.05) is 49.9 Å². The van der Waals surface area contributed by atoms with Gasteiger partial charge in [0.2, 0.25) is 5.91 Å². The lowest BCUT2D eigenvalue weighted by molar-refractivity contribution is -0.121. The predicted molar refractivity (Wildman–Crippen MR) is 129 cm³/mol. The second kappa shape index (κ2) is 11.4. The number of hydrogen-bond donors (Lipinski definition) is 1. The zero-order valence-electron chi connectivity index (χ0n) is 19.6. The molecule has 5 heteroatoms. The minimum atomic E-state index is 0.0254. The number of fused-ring (bicyclic) bond motifs is 1. The van der Waals surface area contributed by atoms with Crippen LogP contribution in [-0.2, 0) is 11.3 Å². The Morgan fingerprint density at radius 3 is 2.70 bits per heavy atom. The summed E-state index contributed by atoms with van der Waals surface area (Å²) in [4.78, 5) is 23.2. The minimum Gasteiger partial charge on any atom is -0.496 e. The maximum Gasteiger partial charge on any atom is 0.220 e. The molecule has 0 aromatic heterocycles. The summed E-state index contributed by atoms with van der Waals surface area (Å²) in [5.41, 5.74) is 3.11. The average molecular weight is 450 g/mol. The molecule has 2 fully saturated rings. The van der Waals surface area contributed by atoms with E-state index in [9.17, 15) is 9.59 Å². The molecule has 2 saturated carbocycles. The highest BCUT2D eigenvalue weighted by Gasteiger charge is 2.43. The van der Waals surface area contributed by atoms with Gasteiger partial charge < -0.3 is 14.8 Å². The number of hydrogen-bond acceptors (Lipinski definition) is 4. The molecule has 0 spiro atoms. The van der Waals surface area contributed by atoms with E-state index in [1.807, 2.05) is 0 Å². The number of ether oxygens (including phenoxy) is 2. The van der Waals surface area contributed by atoms with Crippen LogP contribution in [0.4, 0.5) is 0 Å². The number of benzene rings is 2. The standard InChI is InChI=1S/C28H35NO4/c1-32-27-17-24(14-13-23(27)19-30)33-15-5-8-28(31)29-18-20-9-11-21(12-10-20)25-7-4-2-3-6-22-16-26(22)25/h9-14,17,19,22,25-26H,2-8,15-16,18H2,1H3,(H,29,31)/t22-,25?,26?/m0/s1. The van der Waals surface area contributed by atoms with Gasteiger partial charge in [-0.3, -0.25) is 9.59 Å². The molecular formula is C28H35NO4. The van der Waals surface area contributed by atoms with Crippen LogP contribution in [0.5, 0.6) is 11.5 Å². The van der Waals surface area contributed by atoms with Crippen molar-refractivity contribution in [2.45, 2.75) is 63.8 Å². The molecule has 2 aliphatic carbocycles. The minimum absolute atomic E-state index is 0.0254. The third kappa shape index (κ3) is 6.37. The summed E-state index contributed by atoms with van der Waals surface area (Å²) in [5.74, 6) is 3.74. The Bertz CT molecular complexity index is 939. The van der Waals surface area contributed by atoms with Gasteiger partial charge in [-0.25, -0.2) is 0 Å². The molecular weight excluding hydrogens is 414 g/mol.